The number of benzene rings is 6. The maximum Gasteiger partial charge on any atom is 0.164 e. The Morgan fingerprint density at radius 1 is 0.159 bits per heavy atom. The molecule has 17 aromatic rings. The molecule has 0 radical (unpaired) electrons. The van der Waals surface area contributed by atoms with E-state index in [9.17, 15) is 0 Å². The number of rotatable bonds is 12. The molecule has 0 saturated carbocycles. The average molecular weight is 1390 g/mol. The largest absolute Gasteiger partial charge is 0.265 e. The summed E-state index contributed by atoms with van der Waals surface area (Å²) in [6.07, 6.45) is 21.4. The molecule has 0 aliphatic rings. The highest BCUT2D eigenvalue weighted by atomic mass is 15.0. The highest BCUT2D eigenvalue weighted by Crippen LogP contribution is 2.31. The van der Waals surface area contributed by atoms with Crippen LogP contribution in [0.2, 0.25) is 0 Å². The predicted octanol–water partition coefficient (Wildman–Crippen LogP) is 20.9. The van der Waals surface area contributed by atoms with Gasteiger partial charge >= 0.3 is 0 Å². The van der Waals surface area contributed by atoms with Crippen molar-refractivity contribution < 1.29 is 0 Å². The minimum Gasteiger partial charge on any atom is -0.265 e. The van der Waals surface area contributed by atoms with Crippen molar-refractivity contribution in [2.75, 3.05) is 0 Å². The topological polar surface area (TPSA) is 193 Å². The van der Waals surface area contributed by atoms with E-state index in [1.165, 1.54) is 16.7 Å². The van der Waals surface area contributed by atoms with Crippen LogP contribution < -0.4 is 0 Å². The predicted molar refractivity (Wildman–Crippen MR) is 428 cm³/mol. The van der Waals surface area contributed by atoms with Crippen LogP contribution >= 0.6 is 0 Å². The fourth-order valence-electron chi connectivity index (χ4n) is 11.4. The lowest BCUT2D eigenvalue weighted by Crippen LogP contribution is -2.00. The van der Waals surface area contributed by atoms with Gasteiger partial charge in [-0.25, -0.2) is 39.9 Å². The van der Waals surface area contributed by atoms with Crippen LogP contribution in [-0.2, 0) is 0 Å². The average Bonchev–Trinajstić information content (AvgIpc) is 0.834. The molecule has 0 fully saturated rings. The molecule has 17 rings (SSSR count). The Hall–Kier alpha value is -14.3. The summed E-state index contributed by atoms with van der Waals surface area (Å²) >= 11 is 0. The summed E-state index contributed by atoms with van der Waals surface area (Å²) in [5.74, 6) is 3.56. The maximum absolute atomic E-state index is 4.82. The van der Waals surface area contributed by atoms with E-state index >= 15 is 0 Å². The van der Waals surface area contributed by atoms with Crippen LogP contribution in [0.15, 0.2) is 353 Å². The molecule has 0 spiro atoms. The van der Waals surface area contributed by atoms with Gasteiger partial charge in [0.25, 0.3) is 0 Å². The van der Waals surface area contributed by atoms with Crippen molar-refractivity contribution >= 4 is 0 Å². The van der Waals surface area contributed by atoms with Crippen molar-refractivity contribution in [2.24, 2.45) is 0 Å². The van der Waals surface area contributed by atoms with Gasteiger partial charge in [0.15, 0.2) is 23.3 Å². The first kappa shape index (κ1) is 71.1. The van der Waals surface area contributed by atoms with Gasteiger partial charge in [-0.3, -0.25) is 34.9 Å². The number of hydrogen-bond acceptors (Lipinski definition) is 15. The quantitative estimate of drug-likeness (QED) is 0.112. The van der Waals surface area contributed by atoms with Gasteiger partial charge in [0, 0.05) is 141 Å². The van der Waals surface area contributed by atoms with Crippen LogP contribution in [0, 0.1) is 34.6 Å². The van der Waals surface area contributed by atoms with E-state index in [2.05, 4.69) is 144 Å². The lowest BCUT2D eigenvalue weighted by molar-refractivity contribution is 1.06. The van der Waals surface area contributed by atoms with Crippen molar-refractivity contribution in [3.63, 3.8) is 0 Å². The van der Waals surface area contributed by atoms with E-state index in [4.69, 9.17) is 29.9 Å². The zero-order valence-electron chi connectivity index (χ0n) is 59.7. The summed E-state index contributed by atoms with van der Waals surface area (Å²) in [5.41, 5.74) is 25.0. The van der Waals surface area contributed by atoms with Crippen LogP contribution in [-0.4, -0.2) is 74.8 Å². The molecule has 0 bridgehead atoms. The normalized spacial score (nSPS) is 10.5. The highest BCUT2D eigenvalue weighted by molar-refractivity contribution is 5.75. The van der Waals surface area contributed by atoms with Crippen molar-refractivity contribution in [3.05, 3.63) is 382 Å². The van der Waals surface area contributed by atoms with Crippen molar-refractivity contribution in [1.29, 1.82) is 0 Å². The number of hydrogen-bond donors (Lipinski definition) is 0. The van der Waals surface area contributed by atoms with E-state index in [1.807, 2.05) is 214 Å². The molecule has 0 amide bonds. The van der Waals surface area contributed by atoms with Crippen LogP contribution in [0.5, 0.6) is 0 Å². The van der Waals surface area contributed by atoms with Gasteiger partial charge in [0.05, 0.1) is 39.9 Å². The van der Waals surface area contributed by atoms with Gasteiger partial charge in [0.2, 0.25) is 0 Å². The van der Waals surface area contributed by atoms with Crippen molar-refractivity contribution in [3.8, 4) is 135 Å². The molecule has 11 aromatic heterocycles. The summed E-state index contributed by atoms with van der Waals surface area (Å²) in [4.78, 5) is 66.2. The molecule has 0 atom stereocenters. The molecule has 0 unspecified atom stereocenters. The van der Waals surface area contributed by atoms with Crippen molar-refractivity contribution in [2.45, 2.75) is 34.6 Å². The SMILES string of the molecule is Cc1cc(-c2ccncc2)cc(-c2ccncc2)n1.Cc1cc(-c2ccncc2)nc(-c2ccncc2)c1.Cc1ccc(-c2cc(-c3ccccc3)nc(-c3ccccc3)n2)cc1.Cc1ccc(-c2nc(-c3ccccc3)nc(-c3ccccc3)n2)cc1.Cc1nc(-c2ccncc2)cc(-c2ccncc2)n1. The van der Waals surface area contributed by atoms with Crippen molar-refractivity contribution in [1.82, 2.24) is 74.8 Å². The van der Waals surface area contributed by atoms with E-state index in [0.29, 0.717) is 17.5 Å². The van der Waals surface area contributed by atoms with E-state index in [0.717, 1.165) is 130 Å². The zero-order valence-corrected chi connectivity index (χ0v) is 59.7. The van der Waals surface area contributed by atoms with Crippen LogP contribution in [0.25, 0.3) is 135 Å². The number of nitrogens with zero attached hydrogens (tertiary/aromatic N) is 15. The Balaban J connectivity index is 0.000000119. The molecule has 107 heavy (non-hydrogen) atoms. The zero-order chi connectivity index (χ0) is 73.4. The molecule has 0 N–H and O–H groups in total. The number of pyridine rings is 8. The third-order valence-electron chi connectivity index (χ3n) is 16.8. The number of aryl methyl sites for hydroxylation is 5. The molecule has 0 aliphatic carbocycles. The third kappa shape index (κ3) is 19.7. The highest BCUT2D eigenvalue weighted by Gasteiger charge is 2.15. The summed E-state index contributed by atoms with van der Waals surface area (Å²) in [7, 11) is 0. The molecular formula is C92H73N15. The molecule has 15 nitrogen and oxygen atoms in total. The first-order valence-corrected chi connectivity index (χ1v) is 34.8. The molecule has 6 aromatic carbocycles. The fraction of sp³-hybridized carbons (Fsp3) is 0.0543. The Kier molecular flexibility index (Phi) is 23.6. The van der Waals surface area contributed by atoms with Crippen LogP contribution in [0.4, 0.5) is 0 Å². The molecular weight excluding hydrogens is 1320 g/mol. The minimum absolute atomic E-state index is 0.685. The van der Waals surface area contributed by atoms with Gasteiger partial charge in [-0.05, 0) is 161 Å². The third-order valence-corrected chi connectivity index (χ3v) is 16.8. The number of aromatic nitrogens is 15. The first-order valence-electron chi connectivity index (χ1n) is 34.8. The Labute approximate surface area is 622 Å². The van der Waals surface area contributed by atoms with Crippen LogP contribution in [0.1, 0.15) is 28.2 Å². The smallest absolute Gasteiger partial charge is 0.164 e. The second kappa shape index (κ2) is 35.5. The van der Waals surface area contributed by atoms with E-state index in [-0.39, 0.29) is 0 Å². The van der Waals surface area contributed by atoms with Crippen LogP contribution in [0.3, 0.4) is 0 Å². The fourth-order valence-corrected chi connectivity index (χ4v) is 11.4. The van der Waals surface area contributed by atoms with Gasteiger partial charge < -0.3 is 0 Å². The minimum atomic E-state index is 0.685. The standard InChI is InChI=1S/C23H18N2.C22H17N3.2C16H13N3.C15H12N4/c1-17-12-14-19(15-13-17)22-16-21(18-8-4-2-5-9-18)24-23(25-22)20-10-6-3-7-11-20;1-16-12-14-19(15-13-16)22-24-20(17-8-4-2-5-9-17)23-21(25-22)18-10-6-3-7-11-18;1-12-10-15(13-2-6-17-7-3-13)11-16(19-12)14-4-8-18-9-5-14;1-12-10-15(13-2-6-17-7-3-13)19-16(11-12)14-4-8-18-9-5-14;1-11-18-14(12-2-6-16-7-3-12)10-15(19-11)13-4-8-17-9-5-13/h2-16H,1H3;2-15H,1H3;2*2-11H,1H3;2-10H,1H3. The lowest BCUT2D eigenvalue weighted by Gasteiger charge is -2.09. The second-order valence-corrected chi connectivity index (χ2v) is 24.9. The monoisotopic (exact) mass is 1390 g/mol. The summed E-state index contributed by atoms with van der Waals surface area (Å²) < 4.78 is 0. The van der Waals surface area contributed by atoms with Gasteiger partial charge in [-0.15, -0.1) is 0 Å². The first-order chi connectivity index (χ1) is 52.6. The summed E-state index contributed by atoms with van der Waals surface area (Å²) in [6, 6.07) is 93.1. The summed E-state index contributed by atoms with van der Waals surface area (Å²) in [6.45, 7) is 10.2. The molecule has 516 valence electrons. The Morgan fingerprint density at radius 2 is 0.411 bits per heavy atom. The Morgan fingerprint density at radius 3 is 0.757 bits per heavy atom. The van der Waals surface area contributed by atoms with Gasteiger partial charge in [-0.1, -0.05) is 181 Å². The van der Waals surface area contributed by atoms with Gasteiger partial charge in [-0.2, -0.15) is 0 Å². The van der Waals surface area contributed by atoms with E-state index < -0.39 is 0 Å². The van der Waals surface area contributed by atoms with Gasteiger partial charge in [0.1, 0.15) is 5.82 Å². The maximum atomic E-state index is 4.82. The molecule has 11 heterocycles. The molecule has 15 heteroatoms. The molecule has 0 aliphatic heterocycles. The summed E-state index contributed by atoms with van der Waals surface area (Å²) in [5, 5.41) is 0. The van der Waals surface area contributed by atoms with E-state index in [1.54, 1.807) is 74.4 Å². The Bertz CT molecular complexity index is 4880. The lowest BCUT2D eigenvalue weighted by atomic mass is 10.0. The molecule has 0 saturated heterocycles. The second-order valence-electron chi connectivity index (χ2n) is 24.9.